The van der Waals surface area contributed by atoms with Gasteiger partial charge in [0.25, 0.3) is 17.4 Å². The van der Waals surface area contributed by atoms with Gasteiger partial charge >= 0.3 is 12.1 Å². The number of anilines is 1. The van der Waals surface area contributed by atoms with Crippen molar-refractivity contribution in [2.24, 2.45) is 23.3 Å². The highest BCUT2D eigenvalue weighted by molar-refractivity contribution is 7.85. The number of H-pyrrole nitrogens is 1. The number of methoxy groups -OCH3 is 1. The summed E-state index contributed by atoms with van der Waals surface area (Å²) < 4.78 is 78.2. The zero-order valence-corrected chi connectivity index (χ0v) is 87.1. The largest absolute Gasteiger partial charge is 0.465 e. The smallest absolute Gasteiger partial charge is 0.410 e. The molecule has 3 fully saturated rings. The van der Waals surface area contributed by atoms with Gasteiger partial charge < -0.3 is 162 Å². The van der Waals surface area contributed by atoms with Crippen LogP contribution in [0, 0.1) is 11.8 Å². The lowest BCUT2D eigenvalue weighted by atomic mass is 9.87. The molecule has 2 aromatic carbocycles. The summed E-state index contributed by atoms with van der Waals surface area (Å²) in [4.78, 5) is 251. The maximum absolute atomic E-state index is 16.7. The number of piperidine rings is 1. The van der Waals surface area contributed by atoms with Crippen molar-refractivity contribution in [3.63, 3.8) is 0 Å². The van der Waals surface area contributed by atoms with Crippen molar-refractivity contribution in [1.29, 1.82) is 0 Å². The predicted molar refractivity (Wildman–Crippen MR) is 539 cm³/mol. The van der Waals surface area contributed by atoms with Crippen LogP contribution in [-0.4, -0.2) is 404 Å². The summed E-state index contributed by atoms with van der Waals surface area (Å²) in [5, 5.41) is 52.8. The van der Waals surface area contributed by atoms with Crippen LogP contribution in [0.25, 0.3) is 10.9 Å². The highest BCUT2D eigenvalue weighted by atomic mass is 32.2. The van der Waals surface area contributed by atoms with Gasteiger partial charge in [0.05, 0.1) is 186 Å². The number of aliphatic hydroxyl groups is 2. The number of nitrogens with two attached hydrogens (primary N) is 2. The number of nitrogens with one attached hydrogen (secondary N) is 13. The Morgan fingerprint density at radius 1 is 0.627 bits per heavy atom. The number of benzene rings is 2. The fourth-order valence-corrected chi connectivity index (χ4v) is 19.4. The number of urea groups is 1. The predicted octanol–water partition coefficient (Wildman–Crippen LogP) is -2.43. The Bertz CT molecular complexity index is 4930. The van der Waals surface area contributed by atoms with Crippen LogP contribution in [0.5, 0.6) is 5.75 Å². The maximum atomic E-state index is 16.7. The third-order valence-corrected chi connectivity index (χ3v) is 28.0. The van der Waals surface area contributed by atoms with Gasteiger partial charge in [0, 0.05) is 108 Å². The normalized spacial score (nSPS) is 21.2. The Morgan fingerprint density at radius 3 is 1.84 bits per heavy atom. The second-order valence-electron chi connectivity index (χ2n) is 37.7. The average molecular weight is 2140 g/mol. The number of amides is 18. The molecule has 1 aromatic heterocycles. The van der Waals surface area contributed by atoms with E-state index >= 15 is 28.2 Å². The van der Waals surface area contributed by atoms with Gasteiger partial charge in [0.1, 0.15) is 53.6 Å². The van der Waals surface area contributed by atoms with E-state index in [1.165, 1.54) is 88.0 Å². The van der Waals surface area contributed by atoms with Gasteiger partial charge in [-0.2, -0.15) is 0 Å². The maximum Gasteiger partial charge on any atom is 0.410 e. The van der Waals surface area contributed by atoms with Crippen molar-refractivity contribution in [1.82, 2.24) is 83.1 Å². The van der Waals surface area contributed by atoms with Gasteiger partial charge in [-0.25, -0.2) is 9.59 Å². The first kappa shape index (κ1) is 122. The number of carbonyl (C=O) groups excluding carboxylic acids is 17. The Balaban J connectivity index is 0.920. The van der Waals surface area contributed by atoms with E-state index in [1.54, 1.807) is 25.9 Å². The third kappa shape index (κ3) is 40.3. The number of aromatic nitrogens is 1. The van der Waals surface area contributed by atoms with Crippen molar-refractivity contribution >= 4 is 128 Å². The van der Waals surface area contributed by atoms with E-state index < -0.39 is 231 Å². The molecule has 18 amide bonds. The lowest BCUT2D eigenvalue weighted by Crippen LogP contribution is -2.72. The molecule has 836 valence electrons. The molecule has 2 saturated heterocycles. The molecule has 1 saturated carbocycles. The molecule has 150 heavy (non-hydrogen) atoms. The minimum Gasteiger partial charge on any atom is -0.465 e. The van der Waals surface area contributed by atoms with Crippen molar-refractivity contribution in [3.8, 4) is 5.75 Å². The van der Waals surface area contributed by atoms with E-state index in [1.807, 2.05) is 0 Å². The second-order valence-corrected chi connectivity index (χ2v) is 39.1. The van der Waals surface area contributed by atoms with Crippen LogP contribution in [0.2, 0.25) is 0 Å². The number of likely N-dealkylation sites (tertiary alicyclic amines) is 1. The van der Waals surface area contributed by atoms with E-state index in [0.717, 1.165) is 40.4 Å². The van der Waals surface area contributed by atoms with Crippen LogP contribution in [0.4, 0.5) is 15.3 Å². The van der Waals surface area contributed by atoms with E-state index in [2.05, 4.69) is 68.8 Å². The van der Waals surface area contributed by atoms with Gasteiger partial charge in [0.15, 0.2) is 0 Å². The summed E-state index contributed by atoms with van der Waals surface area (Å²) in [5.41, 5.74) is 8.52. The number of likely N-dealkylation sites (N-methyl/N-ethyl adjacent to an activating group) is 1. The van der Waals surface area contributed by atoms with Gasteiger partial charge in [-0.1, -0.05) is 83.8 Å². The number of aromatic amines is 1. The van der Waals surface area contributed by atoms with Crippen LogP contribution >= 0.6 is 0 Å². The minimum atomic E-state index is -3.20. The standard InChI is InChI=1S/C99H153N19O31S/c1-5-64(2)86-92(132)105-59-83(124)109-78-63-150(138)93-72-56-76(88(128)104-60-84(125)114-86)110-90(130)75(54-69(120)61-119)113-95(134)99(149-70-24-25-71(72)74(55-70)112-93,79-19-15-31-118(79)94(133)77(57-80(100)121)111-91(78)131)96(135)115(3)34-35-117(36-39-142-44-47-146-52-50-145-46-43-141-38-29-85(126)116-32-26-66(27-33-116)87(127)106-67-16-12-10-8-6-7-9-11-13-17-67)98(137)148-62-65-20-22-68(23-21-65)107-89(129)73(18-14-30-102-97(101)136)108-82(123)58-103-81(122)28-37-140-42-45-144-51-53-147-49-48-143-41-40-139-4/h20-25,55,64,66-67,69,73,75-79,86,112,119-120H,5-19,26-54,56-63H2,1-4H3,(H2,100,121)(H,103,122)(H,104,128)(H,105,132)(H,106,127)(H,107,129)(H,108,123)(H,109,124)(H,110,130)(H,111,131)(H,113,134)(H,114,125)(H3,101,102,136)/t64-,69+,73-,75-,76+,77-,78-,79-,86-,99?,150?/m0/s1. The first-order valence-electron chi connectivity index (χ1n) is 51.8. The lowest BCUT2D eigenvalue weighted by molar-refractivity contribution is -0.167. The van der Waals surface area contributed by atoms with Crippen molar-refractivity contribution in [2.45, 2.75) is 227 Å². The summed E-state index contributed by atoms with van der Waals surface area (Å²) in [5.74, 6) is -15.5. The van der Waals surface area contributed by atoms with Gasteiger partial charge in [-0.3, -0.25) is 76.1 Å². The molecule has 3 aromatic rings. The summed E-state index contributed by atoms with van der Waals surface area (Å²) in [6.45, 7) is 2.47. The molecule has 2 unspecified atom stereocenters. The number of carbonyl (C=O) groups is 17. The Labute approximate surface area is 874 Å². The fourth-order valence-electron chi connectivity index (χ4n) is 18.0. The summed E-state index contributed by atoms with van der Waals surface area (Å²) in [6, 6.07) is -2.99. The summed E-state index contributed by atoms with van der Waals surface area (Å²) in [6.07, 6.45) is 7.59. The molecule has 51 heteroatoms. The van der Waals surface area contributed by atoms with Crippen molar-refractivity contribution < 1.29 is 148 Å². The third-order valence-electron chi connectivity index (χ3n) is 26.5. The van der Waals surface area contributed by atoms with Crippen LogP contribution < -0.4 is 80.0 Å². The number of hydrogen-bond donors (Lipinski definition) is 17. The highest BCUT2D eigenvalue weighted by Gasteiger charge is 2.62. The molecular formula is C99H153N19O31S. The van der Waals surface area contributed by atoms with Crippen molar-refractivity contribution in [2.75, 3.05) is 210 Å². The first-order chi connectivity index (χ1) is 72.3. The molecule has 0 spiro atoms. The molecule has 1 aliphatic carbocycles. The second kappa shape index (κ2) is 65.4. The molecule has 8 bridgehead atoms. The minimum absolute atomic E-state index is 0.00422. The molecule has 19 N–H and O–H groups in total. The first-order valence-corrected chi connectivity index (χ1v) is 53.1. The van der Waals surface area contributed by atoms with Crippen LogP contribution in [0.1, 0.15) is 160 Å². The number of rotatable bonds is 54. The number of ether oxygens (including phenoxy) is 11. The Morgan fingerprint density at radius 2 is 1.23 bits per heavy atom. The molecular weight excluding hydrogens is 1980 g/mol. The highest BCUT2D eigenvalue weighted by Crippen LogP contribution is 2.39. The van der Waals surface area contributed by atoms with Gasteiger partial charge in [-0.15, -0.1) is 0 Å². The molecule has 6 aliphatic heterocycles. The fraction of sp³-hybridized carbons (Fsp3) is 0.687. The van der Waals surface area contributed by atoms with E-state index in [9.17, 15) is 67.7 Å². The molecule has 7 heterocycles. The molecule has 10 rings (SSSR count). The van der Waals surface area contributed by atoms with E-state index in [0.29, 0.717) is 77.6 Å². The summed E-state index contributed by atoms with van der Waals surface area (Å²) >= 11 is 0. The van der Waals surface area contributed by atoms with Gasteiger partial charge in [0.2, 0.25) is 76.8 Å². The molecule has 50 nitrogen and oxygen atoms in total. The quantitative estimate of drug-likeness (QED) is 0.0206. The van der Waals surface area contributed by atoms with Crippen LogP contribution in [0.3, 0.4) is 0 Å². The number of hydrogen-bond acceptors (Lipinski definition) is 31. The van der Waals surface area contributed by atoms with Crippen LogP contribution in [0.15, 0.2) is 47.5 Å². The molecule has 7 aliphatic rings. The topological polar surface area (TPSA) is 674 Å². The van der Waals surface area contributed by atoms with Crippen LogP contribution in [-0.2, 0) is 143 Å². The number of aliphatic hydroxyl groups excluding tert-OH is 2. The molecule has 11 atom stereocenters. The molecule has 0 radical (unpaired) electrons. The van der Waals surface area contributed by atoms with Gasteiger partial charge in [-0.05, 0) is 92.7 Å². The van der Waals surface area contributed by atoms with E-state index in [4.69, 9.17) is 63.6 Å². The SMILES string of the molecule is CC[C@H](C)[C@@H]1NC(=O)CNC(=O)[C@H]2Cc3c4[nH]c5cc(ccc35)OC(C(=O)N(C)CCN(CCOCCOCCOCCOCCC(=O)N3CCC(C(=O)NC5CCCCCCCCCC5)CC3)C(=O)OCc3ccc(NC(=O)[C@H](CCCNC(N)=O)NC(=O)CNC(=O)CCOCCOCCOCCOCCOC)cc3)(C(=O)N[C@@H](C[C@@H](O)CO)C(=O)N2)[C@@H]2CCCN2C(=O)[C@H](CC(N)=O)NC(=O)[C@H](CS4=O)NC(=O)CNC1=O. The van der Waals surface area contributed by atoms with E-state index in [-0.39, 0.29) is 188 Å². The lowest BCUT2D eigenvalue weighted by Gasteiger charge is -2.43. The zero-order valence-electron chi connectivity index (χ0n) is 86.2. The number of fused-ring (bicyclic) bond motifs is 8. The van der Waals surface area contributed by atoms with Crippen molar-refractivity contribution in [3.05, 3.63) is 53.6 Å². The monoisotopic (exact) mass is 2140 g/mol. The summed E-state index contributed by atoms with van der Waals surface area (Å²) in [7, 11) is 0.242. The number of nitrogens with zero attached hydrogens (tertiary/aromatic N) is 4. The Hall–Kier alpha value is -11.9. The zero-order chi connectivity index (χ0) is 108. The average Bonchev–Trinajstić information content (AvgIpc) is 1.49. The Kier molecular flexibility index (Phi) is 53.0. The number of primary amides is 2.